The summed E-state index contributed by atoms with van der Waals surface area (Å²) < 4.78 is 19.0. The van der Waals surface area contributed by atoms with E-state index in [2.05, 4.69) is 5.32 Å². The second kappa shape index (κ2) is 8.75. The smallest absolute Gasteiger partial charge is 0.340 e. The second-order valence-electron chi connectivity index (χ2n) is 5.57. The summed E-state index contributed by atoms with van der Waals surface area (Å²) in [6.07, 6.45) is 0.657. The van der Waals surface area contributed by atoms with Gasteiger partial charge in [0.2, 0.25) is 0 Å². The van der Waals surface area contributed by atoms with Gasteiger partial charge in [0, 0.05) is 9.75 Å². The molecule has 138 valence electrons. The van der Waals surface area contributed by atoms with Crippen LogP contribution in [0.5, 0.6) is 0 Å². The van der Waals surface area contributed by atoms with Crippen LogP contribution in [-0.2, 0) is 14.3 Å². The highest BCUT2D eigenvalue weighted by atomic mass is 32.1. The fourth-order valence-electron chi connectivity index (χ4n) is 2.25. The Bertz CT molecular complexity index is 950. The molecule has 1 atom stereocenters. The maximum atomic E-state index is 13.7. The Labute approximate surface area is 163 Å². The van der Waals surface area contributed by atoms with Crippen LogP contribution in [0.1, 0.15) is 16.7 Å². The number of para-hydroxylation sites is 1. The van der Waals surface area contributed by atoms with E-state index in [0.29, 0.717) is 5.57 Å². The Kier molecular flexibility index (Phi) is 6.16. The number of nitrogens with one attached hydrogen (secondary N) is 1. The van der Waals surface area contributed by atoms with Crippen molar-refractivity contribution in [3.05, 3.63) is 74.9 Å². The quantitative estimate of drug-likeness (QED) is 0.464. The predicted octanol–water partition coefficient (Wildman–Crippen LogP) is 5.06. The summed E-state index contributed by atoms with van der Waals surface area (Å²) in [5, 5.41) is 6.20. The number of thiophene rings is 2. The number of rotatable bonds is 6. The minimum Gasteiger partial charge on any atom is -0.449 e. The van der Waals surface area contributed by atoms with Crippen molar-refractivity contribution in [2.75, 3.05) is 5.32 Å². The van der Waals surface area contributed by atoms with Crippen molar-refractivity contribution in [3.63, 3.8) is 0 Å². The van der Waals surface area contributed by atoms with Gasteiger partial charge in [-0.2, -0.15) is 0 Å². The average molecular weight is 401 g/mol. The van der Waals surface area contributed by atoms with E-state index in [-0.39, 0.29) is 5.69 Å². The zero-order valence-electron chi connectivity index (χ0n) is 14.3. The summed E-state index contributed by atoms with van der Waals surface area (Å²) in [5.74, 6) is -1.77. The molecule has 0 radical (unpaired) electrons. The Balaban J connectivity index is 1.73. The molecular formula is C20H16FNO3S2. The van der Waals surface area contributed by atoms with E-state index in [0.717, 1.165) is 9.75 Å². The highest BCUT2D eigenvalue weighted by Gasteiger charge is 2.23. The summed E-state index contributed by atoms with van der Waals surface area (Å²) in [4.78, 5) is 26.6. The van der Waals surface area contributed by atoms with Crippen LogP contribution >= 0.6 is 22.7 Å². The van der Waals surface area contributed by atoms with Gasteiger partial charge < -0.3 is 10.1 Å². The molecule has 1 aromatic carbocycles. The Morgan fingerprint density at radius 1 is 1.07 bits per heavy atom. The van der Waals surface area contributed by atoms with Crippen LogP contribution in [0.2, 0.25) is 0 Å². The van der Waals surface area contributed by atoms with Crippen LogP contribution in [0.15, 0.2) is 59.3 Å². The molecule has 0 bridgehead atoms. The van der Waals surface area contributed by atoms with Gasteiger partial charge in [0.05, 0.1) is 11.3 Å². The number of hydrogen-bond donors (Lipinski definition) is 1. The zero-order valence-corrected chi connectivity index (χ0v) is 16.0. The van der Waals surface area contributed by atoms with Gasteiger partial charge >= 0.3 is 5.97 Å². The van der Waals surface area contributed by atoms with Crippen molar-refractivity contribution in [2.45, 2.75) is 13.0 Å². The Morgan fingerprint density at radius 2 is 1.81 bits per heavy atom. The standard InChI is InChI=1S/C20H16FNO3S2/c1-13(19(23)22-17-8-3-2-7-16(17)21)25-20(24)15(18-9-5-11-27-18)12-14-6-4-10-26-14/h2-13H,1H3,(H,22,23)/b15-12+/t13-/m1/s1. The minimum atomic E-state index is -1.08. The van der Waals surface area contributed by atoms with E-state index < -0.39 is 23.8 Å². The van der Waals surface area contributed by atoms with E-state index in [1.54, 1.807) is 12.1 Å². The molecule has 7 heteroatoms. The first kappa shape index (κ1) is 19.0. The lowest BCUT2D eigenvalue weighted by molar-refractivity contribution is -0.147. The molecule has 0 aliphatic rings. The van der Waals surface area contributed by atoms with Gasteiger partial charge in [-0.3, -0.25) is 4.79 Å². The molecular weight excluding hydrogens is 385 g/mol. The summed E-state index contributed by atoms with van der Waals surface area (Å²) in [5.41, 5.74) is 0.413. The maximum absolute atomic E-state index is 13.7. The molecule has 0 saturated heterocycles. The molecule has 0 spiro atoms. The molecule has 0 aliphatic heterocycles. The van der Waals surface area contributed by atoms with E-state index in [1.807, 2.05) is 35.0 Å². The summed E-state index contributed by atoms with van der Waals surface area (Å²) in [7, 11) is 0. The molecule has 1 amide bonds. The van der Waals surface area contributed by atoms with Gasteiger partial charge in [-0.15, -0.1) is 22.7 Å². The monoisotopic (exact) mass is 401 g/mol. The normalized spacial score (nSPS) is 12.4. The molecule has 4 nitrogen and oxygen atoms in total. The highest BCUT2D eigenvalue weighted by molar-refractivity contribution is 7.12. The molecule has 2 heterocycles. The van der Waals surface area contributed by atoms with Crippen molar-refractivity contribution in [1.29, 1.82) is 0 Å². The topological polar surface area (TPSA) is 55.4 Å². The van der Waals surface area contributed by atoms with Crippen molar-refractivity contribution in [1.82, 2.24) is 0 Å². The van der Waals surface area contributed by atoms with E-state index in [1.165, 1.54) is 47.8 Å². The van der Waals surface area contributed by atoms with Crippen molar-refractivity contribution in [3.8, 4) is 0 Å². The SMILES string of the molecule is C[C@@H](OC(=O)/C(=C/c1cccs1)c1cccs1)C(=O)Nc1ccccc1F. The Morgan fingerprint density at radius 3 is 2.48 bits per heavy atom. The molecule has 0 aliphatic carbocycles. The Hall–Kier alpha value is -2.77. The fourth-order valence-corrected chi connectivity index (χ4v) is 3.64. The van der Waals surface area contributed by atoms with E-state index in [4.69, 9.17) is 4.74 Å². The lowest BCUT2D eigenvalue weighted by Gasteiger charge is -2.15. The van der Waals surface area contributed by atoms with Gasteiger partial charge in [0.15, 0.2) is 6.10 Å². The van der Waals surface area contributed by atoms with Crippen LogP contribution in [-0.4, -0.2) is 18.0 Å². The number of halogens is 1. The van der Waals surface area contributed by atoms with E-state index >= 15 is 0 Å². The van der Waals surface area contributed by atoms with Gasteiger partial charge in [0.25, 0.3) is 5.91 Å². The highest BCUT2D eigenvalue weighted by Crippen LogP contribution is 2.26. The lowest BCUT2D eigenvalue weighted by atomic mass is 10.2. The first-order chi connectivity index (χ1) is 13.0. The van der Waals surface area contributed by atoms with Crippen LogP contribution < -0.4 is 5.32 Å². The fraction of sp³-hybridized carbons (Fsp3) is 0.100. The largest absolute Gasteiger partial charge is 0.449 e. The molecule has 0 unspecified atom stereocenters. The molecule has 0 saturated carbocycles. The predicted molar refractivity (Wildman–Crippen MR) is 107 cm³/mol. The second-order valence-corrected chi connectivity index (χ2v) is 7.49. The van der Waals surface area contributed by atoms with Crippen LogP contribution in [0.4, 0.5) is 10.1 Å². The van der Waals surface area contributed by atoms with Gasteiger partial charge in [-0.1, -0.05) is 24.3 Å². The maximum Gasteiger partial charge on any atom is 0.340 e. The van der Waals surface area contributed by atoms with Gasteiger partial charge in [-0.05, 0) is 48.0 Å². The number of esters is 1. The third-order valence-corrected chi connectivity index (χ3v) is 5.34. The molecule has 1 N–H and O–H groups in total. The molecule has 27 heavy (non-hydrogen) atoms. The number of hydrogen-bond acceptors (Lipinski definition) is 5. The molecule has 0 fully saturated rings. The molecule has 3 rings (SSSR count). The van der Waals surface area contributed by atoms with Crippen molar-refractivity contribution < 1.29 is 18.7 Å². The van der Waals surface area contributed by atoms with Gasteiger partial charge in [-0.25, -0.2) is 9.18 Å². The first-order valence-electron chi connectivity index (χ1n) is 8.10. The van der Waals surface area contributed by atoms with Crippen LogP contribution in [0.25, 0.3) is 11.6 Å². The third-order valence-electron chi connectivity index (χ3n) is 3.62. The number of carbonyl (C=O) groups is 2. The number of carbonyl (C=O) groups excluding carboxylic acids is 2. The molecule has 2 aromatic heterocycles. The lowest BCUT2D eigenvalue weighted by Crippen LogP contribution is -2.30. The minimum absolute atomic E-state index is 0.0398. The average Bonchev–Trinajstić information content (AvgIpc) is 3.35. The zero-order chi connectivity index (χ0) is 19.2. The van der Waals surface area contributed by atoms with Crippen molar-refractivity contribution in [2.24, 2.45) is 0 Å². The molecule has 3 aromatic rings. The number of amides is 1. The van der Waals surface area contributed by atoms with Gasteiger partial charge in [0.1, 0.15) is 5.82 Å². The van der Waals surface area contributed by atoms with Crippen LogP contribution in [0.3, 0.4) is 0 Å². The van der Waals surface area contributed by atoms with E-state index in [9.17, 15) is 14.0 Å². The van der Waals surface area contributed by atoms with Crippen LogP contribution in [0, 0.1) is 5.82 Å². The number of anilines is 1. The summed E-state index contributed by atoms with van der Waals surface area (Å²) >= 11 is 2.90. The summed E-state index contributed by atoms with van der Waals surface area (Å²) in [6.45, 7) is 1.45. The summed E-state index contributed by atoms with van der Waals surface area (Å²) in [6, 6.07) is 13.2. The van der Waals surface area contributed by atoms with Crippen molar-refractivity contribution >= 4 is 51.9 Å². The third kappa shape index (κ3) is 4.90. The first-order valence-corrected chi connectivity index (χ1v) is 9.86. The number of benzene rings is 1. The number of ether oxygens (including phenoxy) is 1.